The van der Waals surface area contributed by atoms with Crippen molar-refractivity contribution in [2.24, 2.45) is 0 Å². The molecule has 0 fully saturated rings. The summed E-state index contributed by atoms with van der Waals surface area (Å²) in [6, 6.07) is 10.5. The number of carbonyl (C=O) groups excluding carboxylic acids is 1. The molecule has 3 aromatic rings. The third-order valence-electron chi connectivity index (χ3n) is 3.22. The predicted octanol–water partition coefficient (Wildman–Crippen LogP) is 1.63. The molecule has 4 N–H and O–H groups in total. The van der Waals surface area contributed by atoms with Crippen molar-refractivity contribution in [3.63, 3.8) is 0 Å². The lowest BCUT2D eigenvalue weighted by molar-refractivity contribution is -0.118. The Labute approximate surface area is 136 Å². The highest BCUT2D eigenvalue weighted by Crippen LogP contribution is 2.29. The number of imidazole rings is 1. The number of rotatable bonds is 1. The minimum Gasteiger partial charge on any atom is -0.482 e. The number of benzene rings is 1. The number of carboxylic acids is 1. The Morgan fingerprint density at radius 2 is 2.17 bits per heavy atom. The standard InChI is InChI=1S/C8H8N2O2.C8H6N2O2/c9-5-1-2-6-7(3-5)12-4-8(11)10-6;11-8(12)6-5-10-4-2-1-3-7(10)9-6/h1-3H,4,9H2,(H,10,11);1-5H,(H,11,12). The second-order valence-corrected chi connectivity index (χ2v) is 4.99. The molecule has 0 bridgehead atoms. The van der Waals surface area contributed by atoms with Crippen LogP contribution in [0.1, 0.15) is 10.5 Å². The first-order valence-corrected chi connectivity index (χ1v) is 7.02. The van der Waals surface area contributed by atoms with Crippen LogP contribution >= 0.6 is 0 Å². The van der Waals surface area contributed by atoms with E-state index in [4.69, 9.17) is 15.6 Å². The number of aromatic nitrogens is 2. The zero-order valence-corrected chi connectivity index (χ0v) is 12.5. The maximum absolute atomic E-state index is 10.8. The van der Waals surface area contributed by atoms with Crippen LogP contribution in [0.25, 0.3) is 5.65 Å². The highest BCUT2D eigenvalue weighted by atomic mass is 16.5. The third kappa shape index (κ3) is 3.27. The van der Waals surface area contributed by atoms with Crippen molar-refractivity contribution in [1.82, 2.24) is 9.38 Å². The largest absolute Gasteiger partial charge is 0.482 e. The molecule has 4 rings (SSSR count). The number of carboxylic acid groups (broad SMARTS) is 1. The molecule has 2 aromatic heterocycles. The molecule has 3 heterocycles. The number of amides is 1. The van der Waals surface area contributed by atoms with E-state index in [-0.39, 0.29) is 18.2 Å². The number of nitrogens with two attached hydrogens (primary N) is 1. The zero-order chi connectivity index (χ0) is 17.1. The van der Waals surface area contributed by atoms with Crippen LogP contribution in [0.5, 0.6) is 5.75 Å². The smallest absolute Gasteiger partial charge is 0.356 e. The predicted molar refractivity (Wildman–Crippen MR) is 87.1 cm³/mol. The highest BCUT2D eigenvalue weighted by Gasteiger charge is 2.14. The van der Waals surface area contributed by atoms with Crippen LogP contribution in [-0.2, 0) is 4.79 Å². The van der Waals surface area contributed by atoms with E-state index in [1.54, 1.807) is 34.9 Å². The van der Waals surface area contributed by atoms with E-state index in [1.165, 1.54) is 6.20 Å². The Morgan fingerprint density at radius 1 is 1.33 bits per heavy atom. The molecule has 0 aliphatic carbocycles. The van der Waals surface area contributed by atoms with Gasteiger partial charge in [0.15, 0.2) is 12.3 Å². The Morgan fingerprint density at radius 3 is 2.92 bits per heavy atom. The Hall–Kier alpha value is -3.55. The number of hydrogen-bond acceptors (Lipinski definition) is 5. The zero-order valence-electron chi connectivity index (χ0n) is 12.5. The average molecular weight is 326 g/mol. The molecule has 0 saturated carbocycles. The summed E-state index contributed by atoms with van der Waals surface area (Å²) < 4.78 is 6.79. The van der Waals surface area contributed by atoms with Gasteiger partial charge in [0.1, 0.15) is 11.4 Å². The molecule has 0 atom stereocenters. The van der Waals surface area contributed by atoms with Crippen molar-refractivity contribution in [2.75, 3.05) is 17.7 Å². The molecule has 1 aliphatic rings. The van der Waals surface area contributed by atoms with Gasteiger partial charge in [0, 0.05) is 24.1 Å². The summed E-state index contributed by atoms with van der Waals surface area (Å²) in [6.45, 7) is 0.0659. The van der Waals surface area contributed by atoms with Crippen molar-refractivity contribution >= 4 is 28.9 Å². The number of carbonyl (C=O) groups is 2. The average Bonchev–Trinajstić information content (AvgIpc) is 3.00. The third-order valence-corrected chi connectivity index (χ3v) is 3.22. The number of aromatic carboxylic acids is 1. The number of anilines is 2. The normalized spacial score (nSPS) is 12.4. The molecule has 0 unspecified atom stereocenters. The van der Waals surface area contributed by atoms with Crippen molar-refractivity contribution in [2.45, 2.75) is 0 Å². The van der Waals surface area contributed by atoms with Gasteiger partial charge in [0.25, 0.3) is 5.91 Å². The maximum Gasteiger partial charge on any atom is 0.356 e. The first-order valence-electron chi connectivity index (χ1n) is 7.02. The van der Waals surface area contributed by atoms with E-state index in [9.17, 15) is 9.59 Å². The van der Waals surface area contributed by atoms with Gasteiger partial charge in [-0.1, -0.05) is 6.07 Å². The van der Waals surface area contributed by atoms with E-state index >= 15 is 0 Å². The molecule has 1 aromatic carbocycles. The summed E-state index contributed by atoms with van der Waals surface area (Å²) in [5, 5.41) is 11.3. The molecule has 0 radical (unpaired) electrons. The molecule has 1 amide bonds. The van der Waals surface area contributed by atoms with Gasteiger partial charge in [-0.3, -0.25) is 4.79 Å². The second-order valence-electron chi connectivity index (χ2n) is 4.99. The summed E-state index contributed by atoms with van der Waals surface area (Å²) >= 11 is 0. The molecular formula is C16H14N4O4. The lowest BCUT2D eigenvalue weighted by Crippen LogP contribution is -2.25. The van der Waals surface area contributed by atoms with Crippen molar-refractivity contribution in [3.05, 3.63) is 54.5 Å². The quantitative estimate of drug-likeness (QED) is 0.585. The molecule has 8 heteroatoms. The lowest BCUT2D eigenvalue weighted by atomic mass is 10.2. The van der Waals surface area contributed by atoms with Crippen LogP contribution < -0.4 is 15.8 Å². The van der Waals surface area contributed by atoms with Crippen LogP contribution in [0.3, 0.4) is 0 Å². The minimum absolute atomic E-state index is 0.0659. The van der Waals surface area contributed by atoms with Gasteiger partial charge < -0.3 is 25.3 Å². The van der Waals surface area contributed by atoms with Crippen LogP contribution in [0.2, 0.25) is 0 Å². The van der Waals surface area contributed by atoms with Gasteiger partial charge >= 0.3 is 5.97 Å². The highest BCUT2D eigenvalue weighted by molar-refractivity contribution is 5.95. The van der Waals surface area contributed by atoms with E-state index in [0.29, 0.717) is 22.8 Å². The molecule has 1 aliphatic heterocycles. The molecule has 122 valence electrons. The summed E-state index contributed by atoms with van der Waals surface area (Å²) in [5.41, 5.74) is 7.55. The fourth-order valence-electron chi connectivity index (χ4n) is 2.13. The monoisotopic (exact) mass is 326 g/mol. The number of nitrogens with one attached hydrogen (secondary N) is 1. The van der Waals surface area contributed by atoms with E-state index in [1.807, 2.05) is 12.1 Å². The number of nitrogens with zero attached hydrogens (tertiary/aromatic N) is 2. The van der Waals surface area contributed by atoms with Crippen LogP contribution in [0.4, 0.5) is 11.4 Å². The van der Waals surface area contributed by atoms with Gasteiger partial charge in [-0.2, -0.15) is 0 Å². The lowest BCUT2D eigenvalue weighted by Gasteiger charge is -2.17. The van der Waals surface area contributed by atoms with E-state index in [0.717, 1.165) is 0 Å². The van der Waals surface area contributed by atoms with Gasteiger partial charge in [-0.05, 0) is 24.3 Å². The summed E-state index contributed by atoms with van der Waals surface area (Å²) in [4.78, 5) is 25.2. The second kappa shape index (κ2) is 6.29. The van der Waals surface area contributed by atoms with Gasteiger partial charge in [0.05, 0.1) is 5.69 Å². The van der Waals surface area contributed by atoms with Crippen molar-refractivity contribution < 1.29 is 19.4 Å². The van der Waals surface area contributed by atoms with Gasteiger partial charge in [-0.25, -0.2) is 9.78 Å². The topological polar surface area (TPSA) is 119 Å². The van der Waals surface area contributed by atoms with Gasteiger partial charge in [-0.15, -0.1) is 0 Å². The SMILES string of the molecule is Nc1ccc2c(c1)OCC(=O)N2.O=C(O)c1cn2ccccc2n1. The summed E-state index contributed by atoms with van der Waals surface area (Å²) in [5.74, 6) is -0.499. The summed E-state index contributed by atoms with van der Waals surface area (Å²) in [7, 11) is 0. The number of hydrogen-bond donors (Lipinski definition) is 3. The van der Waals surface area contributed by atoms with Gasteiger partial charge in [0.2, 0.25) is 0 Å². The van der Waals surface area contributed by atoms with E-state index < -0.39 is 5.97 Å². The number of pyridine rings is 1. The number of nitrogen functional groups attached to an aromatic ring is 1. The molecule has 0 saturated heterocycles. The molecule has 8 nitrogen and oxygen atoms in total. The number of fused-ring (bicyclic) bond motifs is 2. The van der Waals surface area contributed by atoms with Crippen LogP contribution in [0, 0.1) is 0 Å². The first kappa shape index (κ1) is 15.3. The fourth-order valence-corrected chi connectivity index (χ4v) is 2.13. The molecule has 24 heavy (non-hydrogen) atoms. The Kier molecular flexibility index (Phi) is 4.02. The maximum atomic E-state index is 10.8. The minimum atomic E-state index is -1.00. The number of ether oxygens (including phenoxy) is 1. The first-order chi connectivity index (χ1) is 11.5. The van der Waals surface area contributed by atoms with E-state index in [2.05, 4.69) is 10.3 Å². The molecule has 0 spiro atoms. The Bertz CT molecular complexity index is 886. The van der Waals surface area contributed by atoms with Crippen LogP contribution in [0.15, 0.2) is 48.8 Å². The van der Waals surface area contributed by atoms with Crippen LogP contribution in [-0.4, -0.2) is 33.0 Å². The summed E-state index contributed by atoms with van der Waals surface area (Å²) in [6.07, 6.45) is 3.24. The molecular weight excluding hydrogens is 312 g/mol. The van der Waals surface area contributed by atoms with Crippen molar-refractivity contribution in [1.29, 1.82) is 0 Å². The Balaban J connectivity index is 0.000000141. The van der Waals surface area contributed by atoms with Crippen molar-refractivity contribution in [3.8, 4) is 5.75 Å². The fraction of sp³-hybridized carbons (Fsp3) is 0.0625.